The number of imide groups is 1. The smallest absolute Gasteiger partial charge is 0.325 e. The standard InChI is InChI=1S/C26H23FN2O3/c27-22-9-5-19(6-10-22)17-32-23-11-7-18(8-12-23)16-29-24(30)26(28-25(29)31)14-13-20-3-1-2-4-21(20)15-26/h1-12H,13-17H2,(H,28,31). The first kappa shape index (κ1) is 20.2. The van der Waals surface area contributed by atoms with E-state index >= 15 is 0 Å². The van der Waals surface area contributed by atoms with Crippen molar-refractivity contribution in [2.45, 2.75) is 38.0 Å². The average molecular weight is 430 g/mol. The molecule has 1 spiro atoms. The molecular weight excluding hydrogens is 407 g/mol. The number of amides is 3. The average Bonchev–Trinajstić information content (AvgIpc) is 3.03. The Morgan fingerprint density at radius 1 is 0.906 bits per heavy atom. The minimum atomic E-state index is -0.844. The molecule has 5 nitrogen and oxygen atoms in total. The van der Waals surface area contributed by atoms with Crippen LogP contribution >= 0.6 is 0 Å². The molecular formula is C26H23FN2O3. The number of nitrogens with one attached hydrogen (secondary N) is 1. The van der Waals surface area contributed by atoms with Gasteiger partial charge in [0.25, 0.3) is 5.91 Å². The molecule has 0 saturated carbocycles. The van der Waals surface area contributed by atoms with Crippen LogP contribution in [-0.2, 0) is 30.8 Å². The zero-order valence-electron chi connectivity index (χ0n) is 17.5. The van der Waals surface area contributed by atoms with Gasteiger partial charge in [0.2, 0.25) is 0 Å². The van der Waals surface area contributed by atoms with Crippen molar-refractivity contribution in [1.82, 2.24) is 10.2 Å². The normalized spacial score (nSPS) is 19.7. The van der Waals surface area contributed by atoms with Crippen molar-refractivity contribution in [1.29, 1.82) is 0 Å². The number of rotatable bonds is 5. The Kier molecular flexibility index (Phi) is 5.13. The summed E-state index contributed by atoms with van der Waals surface area (Å²) in [6.45, 7) is 0.545. The summed E-state index contributed by atoms with van der Waals surface area (Å²) in [4.78, 5) is 27.2. The van der Waals surface area contributed by atoms with Crippen LogP contribution in [-0.4, -0.2) is 22.4 Å². The first-order valence-electron chi connectivity index (χ1n) is 10.7. The van der Waals surface area contributed by atoms with Gasteiger partial charge >= 0.3 is 6.03 Å². The Morgan fingerprint density at radius 3 is 2.34 bits per heavy atom. The topological polar surface area (TPSA) is 58.6 Å². The van der Waals surface area contributed by atoms with E-state index in [-0.39, 0.29) is 24.3 Å². The highest BCUT2D eigenvalue weighted by molar-refractivity contribution is 6.07. The van der Waals surface area contributed by atoms with Crippen molar-refractivity contribution in [3.63, 3.8) is 0 Å². The molecule has 162 valence electrons. The quantitative estimate of drug-likeness (QED) is 0.611. The lowest BCUT2D eigenvalue weighted by molar-refractivity contribution is -0.132. The fraction of sp³-hybridized carbons (Fsp3) is 0.231. The number of nitrogens with zero attached hydrogens (tertiary/aromatic N) is 1. The fourth-order valence-corrected chi connectivity index (χ4v) is 4.47. The Morgan fingerprint density at radius 2 is 1.59 bits per heavy atom. The molecule has 1 aliphatic carbocycles. The van der Waals surface area contributed by atoms with Gasteiger partial charge in [0, 0.05) is 6.42 Å². The molecule has 1 saturated heterocycles. The Labute approximate surface area is 185 Å². The van der Waals surface area contributed by atoms with Crippen LogP contribution < -0.4 is 10.1 Å². The van der Waals surface area contributed by atoms with Crippen LogP contribution in [0.2, 0.25) is 0 Å². The molecule has 0 radical (unpaired) electrons. The second-order valence-electron chi connectivity index (χ2n) is 8.41. The Hall–Kier alpha value is -3.67. The summed E-state index contributed by atoms with van der Waals surface area (Å²) in [5.41, 5.74) is 3.24. The molecule has 3 aromatic carbocycles. The van der Waals surface area contributed by atoms with Crippen LogP contribution in [0.4, 0.5) is 9.18 Å². The summed E-state index contributed by atoms with van der Waals surface area (Å²) in [5, 5.41) is 2.97. The molecule has 1 fully saturated rings. The van der Waals surface area contributed by atoms with Gasteiger partial charge in [-0.05, 0) is 59.4 Å². The number of carbonyl (C=O) groups is 2. The maximum Gasteiger partial charge on any atom is 0.325 e. The summed E-state index contributed by atoms with van der Waals surface area (Å²) in [5.74, 6) is 0.224. The zero-order valence-corrected chi connectivity index (χ0v) is 17.5. The Balaban J connectivity index is 1.24. The molecule has 1 N–H and O–H groups in total. The molecule has 1 heterocycles. The molecule has 0 aromatic heterocycles. The maximum atomic E-state index is 13.2. The van der Waals surface area contributed by atoms with E-state index in [1.165, 1.54) is 22.6 Å². The highest BCUT2D eigenvalue weighted by Crippen LogP contribution is 2.34. The largest absolute Gasteiger partial charge is 0.489 e. The van der Waals surface area contributed by atoms with Gasteiger partial charge in [0.1, 0.15) is 23.7 Å². The maximum absolute atomic E-state index is 13.2. The van der Waals surface area contributed by atoms with Crippen molar-refractivity contribution in [3.05, 3.63) is 101 Å². The summed E-state index contributed by atoms with van der Waals surface area (Å²) in [7, 11) is 0. The minimum Gasteiger partial charge on any atom is -0.489 e. The number of benzene rings is 3. The van der Waals surface area contributed by atoms with E-state index in [1.807, 2.05) is 42.5 Å². The van der Waals surface area contributed by atoms with Crippen LogP contribution in [0.25, 0.3) is 0 Å². The molecule has 6 heteroatoms. The highest BCUT2D eigenvalue weighted by Gasteiger charge is 2.52. The number of hydrogen-bond donors (Lipinski definition) is 1. The van der Waals surface area contributed by atoms with Gasteiger partial charge in [-0.1, -0.05) is 48.5 Å². The van der Waals surface area contributed by atoms with E-state index in [0.29, 0.717) is 25.2 Å². The van der Waals surface area contributed by atoms with Gasteiger partial charge in [-0.15, -0.1) is 0 Å². The van der Waals surface area contributed by atoms with Gasteiger partial charge < -0.3 is 10.1 Å². The van der Waals surface area contributed by atoms with Crippen molar-refractivity contribution in [2.75, 3.05) is 0 Å². The number of hydrogen-bond acceptors (Lipinski definition) is 3. The van der Waals surface area contributed by atoms with E-state index in [2.05, 4.69) is 11.4 Å². The lowest BCUT2D eigenvalue weighted by atomic mass is 9.78. The van der Waals surface area contributed by atoms with Crippen LogP contribution in [0.15, 0.2) is 72.8 Å². The van der Waals surface area contributed by atoms with Crippen LogP contribution in [0.5, 0.6) is 5.75 Å². The third kappa shape index (κ3) is 3.84. The van der Waals surface area contributed by atoms with Gasteiger partial charge in [0.15, 0.2) is 0 Å². The molecule has 1 unspecified atom stereocenters. The predicted molar refractivity (Wildman–Crippen MR) is 117 cm³/mol. The van der Waals surface area contributed by atoms with Crippen LogP contribution in [0.3, 0.4) is 0 Å². The lowest BCUT2D eigenvalue weighted by Crippen LogP contribution is -2.51. The highest BCUT2D eigenvalue weighted by atomic mass is 19.1. The van der Waals surface area contributed by atoms with Crippen LogP contribution in [0, 0.1) is 5.82 Å². The van der Waals surface area contributed by atoms with Crippen molar-refractivity contribution >= 4 is 11.9 Å². The number of urea groups is 1. The Bertz CT molecular complexity index is 1160. The summed E-state index contributed by atoms with van der Waals surface area (Å²) in [6.07, 6.45) is 1.91. The first-order chi connectivity index (χ1) is 15.5. The summed E-state index contributed by atoms with van der Waals surface area (Å²) < 4.78 is 18.7. The number of fused-ring (bicyclic) bond motifs is 1. The van der Waals surface area contributed by atoms with Gasteiger partial charge in [-0.3, -0.25) is 9.69 Å². The van der Waals surface area contributed by atoms with E-state index in [1.54, 1.807) is 12.1 Å². The van der Waals surface area contributed by atoms with E-state index < -0.39 is 5.54 Å². The fourth-order valence-electron chi connectivity index (χ4n) is 4.47. The third-order valence-corrected chi connectivity index (χ3v) is 6.26. The van der Waals surface area contributed by atoms with Crippen molar-refractivity contribution in [2.24, 2.45) is 0 Å². The molecule has 1 atom stereocenters. The molecule has 32 heavy (non-hydrogen) atoms. The van der Waals surface area contributed by atoms with E-state index in [9.17, 15) is 14.0 Å². The van der Waals surface area contributed by atoms with E-state index in [4.69, 9.17) is 4.74 Å². The number of carbonyl (C=O) groups excluding carboxylic acids is 2. The third-order valence-electron chi connectivity index (χ3n) is 6.26. The summed E-state index contributed by atoms with van der Waals surface area (Å²) in [6, 6.07) is 21.2. The zero-order chi connectivity index (χ0) is 22.1. The lowest BCUT2D eigenvalue weighted by Gasteiger charge is -2.32. The molecule has 3 aromatic rings. The first-order valence-corrected chi connectivity index (χ1v) is 10.7. The number of halogens is 1. The molecule has 3 amide bonds. The number of aryl methyl sites for hydroxylation is 1. The molecule has 0 bridgehead atoms. The van der Waals surface area contributed by atoms with Gasteiger partial charge in [-0.25, -0.2) is 9.18 Å². The molecule has 2 aliphatic rings. The van der Waals surface area contributed by atoms with Gasteiger partial charge in [0.05, 0.1) is 6.54 Å². The van der Waals surface area contributed by atoms with Crippen LogP contribution in [0.1, 0.15) is 28.7 Å². The van der Waals surface area contributed by atoms with E-state index in [0.717, 1.165) is 23.1 Å². The minimum absolute atomic E-state index is 0.159. The molecule has 1 aliphatic heterocycles. The predicted octanol–water partition coefficient (Wildman–Crippen LogP) is 4.38. The second kappa shape index (κ2) is 8.11. The van der Waals surface area contributed by atoms with Crippen molar-refractivity contribution in [3.8, 4) is 5.75 Å². The van der Waals surface area contributed by atoms with Gasteiger partial charge in [-0.2, -0.15) is 0 Å². The monoisotopic (exact) mass is 430 g/mol. The second-order valence-corrected chi connectivity index (χ2v) is 8.41. The van der Waals surface area contributed by atoms with Crippen molar-refractivity contribution < 1.29 is 18.7 Å². The summed E-state index contributed by atoms with van der Waals surface area (Å²) >= 11 is 0. The SMILES string of the molecule is O=C1NC2(CCc3ccccc3C2)C(=O)N1Cc1ccc(OCc2ccc(F)cc2)cc1. The molecule has 5 rings (SSSR count). The number of ether oxygens (including phenoxy) is 1.